The number of Topliss-reactive ketones (excluding diaryl/α,β-unsaturated/α-hetero) is 1. The molecule has 0 N–H and O–H groups in total. The first-order valence-electron chi connectivity index (χ1n) is 9.06. The summed E-state index contributed by atoms with van der Waals surface area (Å²) in [5.41, 5.74) is -0.797. The van der Waals surface area contributed by atoms with Crippen molar-refractivity contribution in [2.24, 2.45) is 0 Å². The Balaban J connectivity index is 1.80. The number of likely N-dealkylation sites (tertiary alicyclic amines) is 1. The Kier molecular flexibility index (Phi) is 5.67. The third-order valence-electron chi connectivity index (χ3n) is 4.82. The number of halogens is 1. The molecule has 0 aromatic carbocycles. The minimum absolute atomic E-state index is 0.101. The van der Waals surface area contributed by atoms with Crippen molar-refractivity contribution >= 4 is 44.9 Å². The summed E-state index contributed by atoms with van der Waals surface area (Å²) in [4.78, 5) is 27.8. The summed E-state index contributed by atoms with van der Waals surface area (Å²) in [5.74, 6) is -0.101. The number of amides is 1. The van der Waals surface area contributed by atoms with Crippen molar-refractivity contribution in [2.75, 3.05) is 20.2 Å². The average Bonchev–Trinajstić information content (AvgIpc) is 3.09. The number of fused-ring (bicyclic) bond motifs is 1. The van der Waals surface area contributed by atoms with E-state index in [1.807, 2.05) is 27.7 Å². The maximum absolute atomic E-state index is 13.3. The van der Waals surface area contributed by atoms with Gasteiger partial charge in [0.15, 0.2) is 5.15 Å². The molecule has 28 heavy (non-hydrogen) atoms. The third-order valence-corrected chi connectivity index (χ3v) is 6.34. The van der Waals surface area contributed by atoms with Crippen LogP contribution in [0.3, 0.4) is 0 Å². The van der Waals surface area contributed by atoms with Crippen molar-refractivity contribution in [3.05, 3.63) is 21.8 Å². The molecule has 0 atom stereocenters. The molecule has 1 aliphatic heterocycles. The fourth-order valence-electron chi connectivity index (χ4n) is 3.27. The summed E-state index contributed by atoms with van der Waals surface area (Å²) in [5, 5.41) is 8.93. The minimum Gasteiger partial charge on any atom is -0.444 e. The van der Waals surface area contributed by atoms with Crippen LogP contribution in [-0.4, -0.2) is 58.4 Å². The molecular formula is C19H24ClN3O4S. The molecule has 1 aliphatic rings. The molecule has 0 spiro atoms. The van der Waals surface area contributed by atoms with Gasteiger partial charge < -0.3 is 14.4 Å². The van der Waals surface area contributed by atoms with E-state index in [0.29, 0.717) is 30.8 Å². The Bertz CT molecular complexity index is 875. The normalized spacial score (nSPS) is 17.0. The van der Waals surface area contributed by atoms with Crippen LogP contribution in [0.1, 0.15) is 49.0 Å². The summed E-state index contributed by atoms with van der Waals surface area (Å²) >= 11 is 7.49. The summed E-state index contributed by atoms with van der Waals surface area (Å²) in [6.07, 6.45) is 0.434. The third kappa shape index (κ3) is 3.99. The number of carbonyl (C=O) groups is 2. The van der Waals surface area contributed by atoms with Crippen LogP contribution in [0.15, 0.2) is 6.07 Å². The number of hydrogen-bond donors (Lipinski definition) is 0. The quantitative estimate of drug-likeness (QED) is 0.683. The van der Waals surface area contributed by atoms with Crippen LogP contribution in [0, 0.1) is 6.92 Å². The lowest BCUT2D eigenvalue weighted by molar-refractivity contribution is -0.0409. The van der Waals surface area contributed by atoms with Crippen LogP contribution < -0.4 is 0 Å². The highest BCUT2D eigenvalue weighted by molar-refractivity contribution is 7.21. The van der Waals surface area contributed by atoms with Gasteiger partial charge in [-0.1, -0.05) is 11.6 Å². The zero-order valence-electron chi connectivity index (χ0n) is 16.7. The van der Waals surface area contributed by atoms with Gasteiger partial charge in [-0.2, -0.15) is 5.10 Å². The Morgan fingerprint density at radius 1 is 1.25 bits per heavy atom. The van der Waals surface area contributed by atoms with Crippen LogP contribution in [-0.2, 0) is 9.47 Å². The summed E-state index contributed by atoms with van der Waals surface area (Å²) in [6.45, 7) is 8.11. The highest BCUT2D eigenvalue weighted by Gasteiger charge is 2.44. The van der Waals surface area contributed by atoms with Crippen molar-refractivity contribution in [2.45, 2.75) is 51.7 Å². The highest BCUT2D eigenvalue weighted by atomic mass is 35.5. The van der Waals surface area contributed by atoms with E-state index in [1.165, 1.54) is 18.4 Å². The Morgan fingerprint density at radius 2 is 1.89 bits per heavy atom. The molecule has 3 heterocycles. The molecule has 152 valence electrons. The monoisotopic (exact) mass is 425 g/mol. The molecule has 0 saturated carbocycles. The van der Waals surface area contributed by atoms with Gasteiger partial charge in [-0.3, -0.25) is 4.79 Å². The number of thiophene rings is 1. The molecule has 0 aliphatic carbocycles. The molecule has 3 rings (SSSR count). The standard InChI is InChI=1S/C19H24ClN3O4S/c1-11-14-12(16(20)22-21-11)10-13(28-14)15(24)19(26-5)6-8-23(9-7-19)17(25)27-18(2,3)4/h10H,6-9H2,1-5H3. The fourth-order valence-corrected chi connectivity index (χ4v) is 4.64. The van der Waals surface area contributed by atoms with Gasteiger partial charge >= 0.3 is 6.09 Å². The molecule has 0 radical (unpaired) electrons. The van der Waals surface area contributed by atoms with E-state index in [0.717, 1.165) is 15.8 Å². The van der Waals surface area contributed by atoms with Gasteiger partial charge in [0.25, 0.3) is 0 Å². The summed E-state index contributed by atoms with van der Waals surface area (Å²) in [6, 6.07) is 1.76. The van der Waals surface area contributed by atoms with Crippen LogP contribution in [0.4, 0.5) is 4.79 Å². The lowest BCUT2D eigenvalue weighted by Crippen LogP contribution is -2.52. The van der Waals surface area contributed by atoms with Crippen molar-refractivity contribution < 1.29 is 19.1 Å². The van der Waals surface area contributed by atoms with Crippen molar-refractivity contribution in [3.63, 3.8) is 0 Å². The van der Waals surface area contributed by atoms with Crippen LogP contribution >= 0.6 is 22.9 Å². The first-order valence-corrected chi connectivity index (χ1v) is 10.3. The Labute approximate surface area is 173 Å². The average molecular weight is 426 g/mol. The molecule has 2 aromatic heterocycles. The molecule has 0 bridgehead atoms. The van der Waals surface area contributed by atoms with Gasteiger partial charge in [0, 0.05) is 38.4 Å². The number of hydrogen-bond acceptors (Lipinski definition) is 7. The topological polar surface area (TPSA) is 81.6 Å². The summed E-state index contributed by atoms with van der Waals surface area (Å²) in [7, 11) is 1.54. The molecule has 0 unspecified atom stereocenters. The SMILES string of the molecule is COC1(C(=O)c2cc3c(Cl)nnc(C)c3s2)CCN(C(=O)OC(C)(C)C)CC1. The van der Waals surface area contributed by atoms with E-state index in [9.17, 15) is 9.59 Å². The second-order valence-electron chi connectivity index (χ2n) is 7.92. The number of ether oxygens (including phenoxy) is 2. The molecule has 1 amide bonds. The molecule has 9 heteroatoms. The van der Waals surface area contributed by atoms with Crippen molar-refractivity contribution in [1.29, 1.82) is 0 Å². The zero-order valence-corrected chi connectivity index (χ0v) is 18.2. The number of nitrogens with zero attached hydrogens (tertiary/aromatic N) is 3. The predicted molar refractivity (Wildman–Crippen MR) is 108 cm³/mol. The molecule has 7 nitrogen and oxygen atoms in total. The lowest BCUT2D eigenvalue weighted by Gasteiger charge is -2.39. The maximum atomic E-state index is 13.3. The first kappa shape index (κ1) is 21.0. The summed E-state index contributed by atoms with van der Waals surface area (Å²) < 4.78 is 12.0. The number of methoxy groups -OCH3 is 1. The second-order valence-corrected chi connectivity index (χ2v) is 9.33. The van der Waals surface area contributed by atoms with Gasteiger partial charge in [0.05, 0.1) is 15.3 Å². The zero-order chi connectivity index (χ0) is 20.7. The molecule has 2 aromatic rings. The van der Waals surface area contributed by atoms with Gasteiger partial charge in [0.2, 0.25) is 5.78 Å². The number of piperidine rings is 1. The van der Waals surface area contributed by atoms with E-state index in [4.69, 9.17) is 21.1 Å². The molecule has 1 saturated heterocycles. The second kappa shape index (κ2) is 7.57. The number of aryl methyl sites for hydroxylation is 1. The Hall–Kier alpha value is -1.77. The fraction of sp³-hybridized carbons (Fsp3) is 0.579. The van der Waals surface area contributed by atoms with E-state index in [-0.39, 0.29) is 17.0 Å². The van der Waals surface area contributed by atoms with Gasteiger partial charge in [-0.05, 0) is 33.8 Å². The molecular weight excluding hydrogens is 402 g/mol. The number of aromatic nitrogens is 2. The van der Waals surface area contributed by atoms with Crippen molar-refractivity contribution in [1.82, 2.24) is 15.1 Å². The molecule has 1 fully saturated rings. The smallest absolute Gasteiger partial charge is 0.410 e. The van der Waals surface area contributed by atoms with Crippen LogP contribution in [0.2, 0.25) is 5.15 Å². The number of rotatable bonds is 3. The van der Waals surface area contributed by atoms with Crippen molar-refractivity contribution in [3.8, 4) is 0 Å². The van der Waals surface area contributed by atoms with E-state index >= 15 is 0 Å². The predicted octanol–water partition coefficient (Wildman–Crippen LogP) is 4.25. The highest BCUT2D eigenvalue weighted by Crippen LogP contribution is 2.37. The number of carbonyl (C=O) groups excluding carboxylic acids is 2. The maximum Gasteiger partial charge on any atom is 0.410 e. The van der Waals surface area contributed by atoms with E-state index in [2.05, 4.69) is 10.2 Å². The lowest BCUT2D eigenvalue weighted by atomic mass is 9.86. The largest absolute Gasteiger partial charge is 0.444 e. The van der Waals surface area contributed by atoms with E-state index < -0.39 is 11.2 Å². The van der Waals surface area contributed by atoms with Gasteiger partial charge in [-0.25, -0.2) is 4.79 Å². The minimum atomic E-state index is -0.972. The first-order chi connectivity index (χ1) is 13.1. The Morgan fingerprint density at radius 3 is 2.43 bits per heavy atom. The van der Waals surface area contributed by atoms with Crippen LogP contribution in [0.25, 0.3) is 10.1 Å². The van der Waals surface area contributed by atoms with Crippen LogP contribution in [0.5, 0.6) is 0 Å². The van der Waals surface area contributed by atoms with Gasteiger partial charge in [0.1, 0.15) is 11.2 Å². The van der Waals surface area contributed by atoms with E-state index in [1.54, 1.807) is 11.0 Å². The van der Waals surface area contributed by atoms with Gasteiger partial charge in [-0.15, -0.1) is 16.4 Å². The number of ketones is 1.